The summed E-state index contributed by atoms with van der Waals surface area (Å²) in [6.07, 6.45) is -4.54. The van der Waals surface area contributed by atoms with Crippen LogP contribution in [-0.4, -0.2) is 22.6 Å². The minimum Gasteiger partial charge on any atom is -0.287 e. The van der Waals surface area contributed by atoms with E-state index in [1.807, 2.05) is 0 Å². The van der Waals surface area contributed by atoms with Gasteiger partial charge in [0.15, 0.2) is 6.04 Å². The molecule has 128 valence electrons. The second-order valence-corrected chi connectivity index (χ2v) is 7.37. The second-order valence-electron chi connectivity index (χ2n) is 6.52. The Balaban J connectivity index is 2.26. The summed E-state index contributed by atoms with van der Waals surface area (Å²) in [5.41, 5.74) is 1.55. The van der Waals surface area contributed by atoms with Crippen LogP contribution in [0, 0.1) is 0 Å². The lowest BCUT2D eigenvalue weighted by atomic mass is 9.94. The fourth-order valence-corrected chi connectivity index (χ4v) is 3.77. The topological polar surface area (TPSA) is 32.3 Å². The average Bonchev–Trinajstić information content (AvgIpc) is 2.73. The lowest BCUT2D eigenvalue weighted by Gasteiger charge is -2.38. The fraction of sp³-hybridized carbons (Fsp3) is 0.353. The van der Waals surface area contributed by atoms with Crippen molar-refractivity contribution < 1.29 is 18.0 Å². The molecule has 2 aromatic rings. The van der Waals surface area contributed by atoms with Gasteiger partial charge in [-0.05, 0) is 30.7 Å². The van der Waals surface area contributed by atoms with Crippen LogP contribution in [-0.2, 0) is 4.79 Å². The zero-order valence-electron chi connectivity index (χ0n) is 13.1. The molecule has 24 heavy (non-hydrogen) atoms. The maximum atomic E-state index is 14.0. The van der Waals surface area contributed by atoms with Gasteiger partial charge in [-0.3, -0.25) is 10.2 Å². The normalized spacial score (nSPS) is 19.5. The SMILES string of the molecule is CC1(C)CC(=O)NN1[C@@H](c1c(Br)ccc2ccccc12)C(F)(F)F. The molecular formula is C17H16BrF3N2O. The smallest absolute Gasteiger partial charge is 0.287 e. The monoisotopic (exact) mass is 400 g/mol. The van der Waals surface area contributed by atoms with Crippen molar-refractivity contribution >= 4 is 32.6 Å². The van der Waals surface area contributed by atoms with Crippen molar-refractivity contribution in [1.82, 2.24) is 10.4 Å². The highest BCUT2D eigenvalue weighted by atomic mass is 79.9. The molecule has 1 saturated heterocycles. The number of alkyl halides is 3. The molecule has 0 aromatic heterocycles. The molecule has 0 unspecified atom stereocenters. The van der Waals surface area contributed by atoms with Gasteiger partial charge in [-0.1, -0.05) is 46.3 Å². The van der Waals surface area contributed by atoms with E-state index in [1.54, 1.807) is 50.2 Å². The molecule has 0 bridgehead atoms. The molecule has 0 aliphatic carbocycles. The van der Waals surface area contributed by atoms with Gasteiger partial charge in [0.2, 0.25) is 5.91 Å². The summed E-state index contributed by atoms with van der Waals surface area (Å²) in [5, 5.41) is 2.25. The van der Waals surface area contributed by atoms with Gasteiger partial charge in [-0.25, -0.2) is 0 Å². The number of hydrogen-bond donors (Lipinski definition) is 1. The number of hydrazine groups is 1. The highest BCUT2D eigenvalue weighted by molar-refractivity contribution is 9.10. The first-order chi connectivity index (χ1) is 11.1. The van der Waals surface area contributed by atoms with E-state index >= 15 is 0 Å². The van der Waals surface area contributed by atoms with Crippen LogP contribution >= 0.6 is 15.9 Å². The average molecular weight is 401 g/mol. The Labute approximate surface area is 145 Å². The lowest BCUT2D eigenvalue weighted by Crippen LogP contribution is -2.51. The molecule has 1 N–H and O–H groups in total. The fourth-order valence-electron chi connectivity index (χ4n) is 3.20. The summed E-state index contributed by atoms with van der Waals surface area (Å²) in [6, 6.07) is 8.36. The minimum atomic E-state index is -4.55. The Hall–Kier alpha value is -1.60. The molecule has 7 heteroatoms. The van der Waals surface area contributed by atoms with E-state index in [0.717, 1.165) is 5.01 Å². The third-order valence-electron chi connectivity index (χ3n) is 4.25. The summed E-state index contributed by atoms with van der Waals surface area (Å²) < 4.78 is 42.4. The maximum Gasteiger partial charge on any atom is 0.409 e. The molecule has 1 aliphatic rings. The van der Waals surface area contributed by atoms with Crippen LogP contribution in [0.1, 0.15) is 31.9 Å². The Morgan fingerprint density at radius 2 is 1.88 bits per heavy atom. The van der Waals surface area contributed by atoms with E-state index in [4.69, 9.17) is 0 Å². The lowest BCUT2D eigenvalue weighted by molar-refractivity contribution is -0.203. The van der Waals surface area contributed by atoms with Crippen LogP contribution in [0.15, 0.2) is 40.9 Å². The molecule has 1 fully saturated rings. The van der Waals surface area contributed by atoms with Crippen LogP contribution in [0.2, 0.25) is 0 Å². The highest BCUT2D eigenvalue weighted by Crippen LogP contribution is 2.47. The number of hydrogen-bond acceptors (Lipinski definition) is 2. The summed E-state index contributed by atoms with van der Waals surface area (Å²) in [4.78, 5) is 11.7. The van der Waals surface area contributed by atoms with Crippen molar-refractivity contribution in [3.05, 3.63) is 46.4 Å². The largest absolute Gasteiger partial charge is 0.409 e. The summed E-state index contributed by atoms with van der Waals surface area (Å²) in [5.74, 6) is -0.411. The third kappa shape index (κ3) is 2.91. The predicted molar refractivity (Wildman–Crippen MR) is 89.1 cm³/mol. The van der Waals surface area contributed by atoms with Crippen LogP contribution in [0.5, 0.6) is 0 Å². The number of rotatable bonds is 2. The van der Waals surface area contributed by atoms with E-state index < -0.39 is 23.7 Å². The standard InChI is InChI=1S/C17H16BrF3N2O/c1-16(2)9-13(24)22-23(16)15(17(19,20)21)14-11-6-4-3-5-10(11)7-8-12(14)18/h3-8,15H,9H2,1-2H3,(H,22,24)/t15-/m0/s1. The number of carbonyl (C=O) groups is 1. The van der Waals surface area contributed by atoms with Gasteiger partial charge in [0.05, 0.1) is 0 Å². The zero-order chi connectivity index (χ0) is 17.7. The minimum absolute atomic E-state index is 0.0158. The third-order valence-corrected chi connectivity index (χ3v) is 4.94. The van der Waals surface area contributed by atoms with E-state index in [-0.39, 0.29) is 12.0 Å². The number of carbonyl (C=O) groups excluding carboxylic acids is 1. The van der Waals surface area contributed by atoms with Crippen molar-refractivity contribution in [3.63, 3.8) is 0 Å². The molecule has 0 saturated carbocycles. The molecule has 3 nitrogen and oxygen atoms in total. The molecule has 1 atom stereocenters. The molecule has 1 amide bonds. The van der Waals surface area contributed by atoms with Crippen LogP contribution in [0.3, 0.4) is 0 Å². The van der Waals surface area contributed by atoms with Crippen molar-refractivity contribution in [3.8, 4) is 0 Å². The first kappa shape index (κ1) is 17.2. The van der Waals surface area contributed by atoms with Crippen molar-refractivity contribution in [1.29, 1.82) is 0 Å². The van der Waals surface area contributed by atoms with Crippen molar-refractivity contribution in [2.24, 2.45) is 0 Å². The first-order valence-corrected chi connectivity index (χ1v) is 8.23. The number of nitrogens with zero attached hydrogens (tertiary/aromatic N) is 1. The Morgan fingerprint density at radius 3 is 2.46 bits per heavy atom. The number of benzene rings is 2. The van der Waals surface area contributed by atoms with Crippen molar-refractivity contribution in [2.45, 2.75) is 38.0 Å². The van der Waals surface area contributed by atoms with E-state index in [9.17, 15) is 18.0 Å². The van der Waals surface area contributed by atoms with Gasteiger partial charge < -0.3 is 0 Å². The van der Waals surface area contributed by atoms with Crippen LogP contribution < -0.4 is 5.43 Å². The zero-order valence-corrected chi connectivity index (χ0v) is 14.7. The second kappa shape index (κ2) is 5.74. The number of amides is 1. The molecular weight excluding hydrogens is 385 g/mol. The van der Waals surface area contributed by atoms with Crippen molar-refractivity contribution in [2.75, 3.05) is 0 Å². The van der Waals surface area contributed by atoms with Gasteiger partial charge in [0.1, 0.15) is 0 Å². The maximum absolute atomic E-state index is 14.0. The van der Waals surface area contributed by atoms with E-state index in [1.165, 1.54) is 0 Å². The van der Waals surface area contributed by atoms with Gasteiger partial charge in [0, 0.05) is 22.0 Å². The van der Waals surface area contributed by atoms with Crippen LogP contribution in [0.4, 0.5) is 13.2 Å². The van der Waals surface area contributed by atoms with Gasteiger partial charge >= 0.3 is 6.18 Å². The number of nitrogens with one attached hydrogen (secondary N) is 1. The summed E-state index contributed by atoms with van der Waals surface area (Å²) >= 11 is 3.27. The molecule has 2 aromatic carbocycles. The molecule has 0 radical (unpaired) electrons. The van der Waals surface area contributed by atoms with Gasteiger partial charge in [0.25, 0.3) is 0 Å². The predicted octanol–water partition coefficient (Wildman–Crippen LogP) is 4.72. The summed E-state index contributed by atoms with van der Waals surface area (Å²) in [6.45, 7) is 3.26. The molecule has 1 aliphatic heterocycles. The number of fused-ring (bicyclic) bond motifs is 1. The Bertz CT molecular complexity index is 804. The summed E-state index contributed by atoms with van der Waals surface area (Å²) in [7, 11) is 0. The Kier molecular flexibility index (Phi) is 4.12. The van der Waals surface area contributed by atoms with Gasteiger partial charge in [-0.2, -0.15) is 18.2 Å². The van der Waals surface area contributed by atoms with E-state index in [2.05, 4.69) is 21.4 Å². The molecule has 1 heterocycles. The Morgan fingerprint density at radius 1 is 1.21 bits per heavy atom. The molecule has 3 rings (SSSR count). The van der Waals surface area contributed by atoms with E-state index in [0.29, 0.717) is 15.2 Å². The first-order valence-electron chi connectivity index (χ1n) is 7.44. The van der Waals surface area contributed by atoms with Crippen LogP contribution in [0.25, 0.3) is 10.8 Å². The quantitative estimate of drug-likeness (QED) is 0.790. The number of halogens is 4. The van der Waals surface area contributed by atoms with Gasteiger partial charge in [-0.15, -0.1) is 0 Å². The molecule has 0 spiro atoms. The highest BCUT2D eigenvalue weighted by Gasteiger charge is 2.53.